The van der Waals surface area contributed by atoms with Gasteiger partial charge in [-0.15, -0.1) is 0 Å². The van der Waals surface area contributed by atoms with E-state index in [1.54, 1.807) is 0 Å². The summed E-state index contributed by atoms with van der Waals surface area (Å²) in [7, 11) is 0. The Hall–Kier alpha value is -3.35. The lowest BCUT2D eigenvalue weighted by Crippen LogP contribution is -2.24. The second-order valence-corrected chi connectivity index (χ2v) is 5.68. The highest BCUT2D eigenvalue weighted by Crippen LogP contribution is 2.22. The number of aromatic nitrogens is 2. The van der Waals surface area contributed by atoms with Gasteiger partial charge >= 0.3 is 0 Å². The van der Waals surface area contributed by atoms with E-state index in [4.69, 9.17) is 0 Å². The molecule has 1 aromatic heterocycles. The minimum absolute atomic E-state index is 0.0897. The minimum Gasteiger partial charge on any atom is -0.347 e. The molecule has 5 nitrogen and oxygen atoms in total. The summed E-state index contributed by atoms with van der Waals surface area (Å²) in [5.74, 6) is -1.81. The average Bonchev–Trinajstić information content (AvgIpc) is 2.63. The zero-order valence-electron chi connectivity index (χ0n) is 14.0. The van der Waals surface area contributed by atoms with Crippen molar-refractivity contribution in [1.82, 2.24) is 15.3 Å². The summed E-state index contributed by atoms with van der Waals surface area (Å²) in [5, 5.41) is 5.29. The van der Waals surface area contributed by atoms with Crippen LogP contribution in [0.15, 0.2) is 54.9 Å². The number of benzene rings is 2. The van der Waals surface area contributed by atoms with Gasteiger partial charge in [-0.05, 0) is 24.6 Å². The zero-order valence-corrected chi connectivity index (χ0v) is 14.0. The van der Waals surface area contributed by atoms with Crippen LogP contribution in [0.2, 0.25) is 0 Å². The first kappa shape index (κ1) is 17.5. The first-order valence-corrected chi connectivity index (χ1v) is 7.90. The molecule has 0 spiro atoms. The number of nitrogens with one attached hydrogen (secondary N) is 2. The Balaban J connectivity index is 1.71. The molecule has 0 aliphatic heterocycles. The van der Waals surface area contributed by atoms with Gasteiger partial charge in [0.1, 0.15) is 35.2 Å². The molecule has 3 rings (SSSR count). The third kappa shape index (κ3) is 4.18. The van der Waals surface area contributed by atoms with Gasteiger partial charge in [0.2, 0.25) is 0 Å². The predicted molar refractivity (Wildman–Crippen MR) is 94.0 cm³/mol. The van der Waals surface area contributed by atoms with Crippen molar-refractivity contribution >= 4 is 17.4 Å². The van der Waals surface area contributed by atoms with Crippen LogP contribution >= 0.6 is 0 Å². The molecule has 2 aromatic carbocycles. The van der Waals surface area contributed by atoms with Crippen molar-refractivity contribution in [2.45, 2.75) is 13.5 Å². The van der Waals surface area contributed by atoms with Gasteiger partial charge in [-0.25, -0.2) is 18.7 Å². The first-order chi connectivity index (χ1) is 12.5. The molecule has 0 saturated carbocycles. The smallest absolute Gasteiger partial charge is 0.270 e. The fourth-order valence-electron chi connectivity index (χ4n) is 2.39. The molecule has 2 N–H and O–H groups in total. The lowest BCUT2D eigenvalue weighted by Gasteiger charge is -2.09. The van der Waals surface area contributed by atoms with Gasteiger partial charge in [0.15, 0.2) is 0 Å². The Morgan fingerprint density at radius 1 is 1.04 bits per heavy atom. The van der Waals surface area contributed by atoms with Gasteiger partial charge in [0, 0.05) is 12.6 Å². The van der Waals surface area contributed by atoms with Crippen LogP contribution in [0.5, 0.6) is 0 Å². The van der Waals surface area contributed by atoms with Crippen LogP contribution in [-0.4, -0.2) is 15.9 Å². The number of nitrogens with zero attached hydrogens (tertiary/aromatic N) is 2. The quantitative estimate of drug-likeness (QED) is 0.733. The number of halogens is 2. The van der Waals surface area contributed by atoms with E-state index >= 15 is 0 Å². The highest BCUT2D eigenvalue weighted by atomic mass is 19.1. The predicted octanol–water partition coefficient (Wildman–Crippen LogP) is 3.74. The standard InChI is InChI=1S/C19H16F2N4O/c1-12-4-2-5-13(8-12)10-22-19(26)16-9-17(24-11-23-16)25-18-14(20)6-3-7-15(18)21/h2-9,11H,10H2,1H3,(H,22,26)(H,23,24,25). The molecule has 1 amide bonds. The van der Waals surface area contributed by atoms with Gasteiger partial charge in [-0.2, -0.15) is 0 Å². The largest absolute Gasteiger partial charge is 0.347 e. The van der Waals surface area contributed by atoms with E-state index in [0.29, 0.717) is 6.54 Å². The second-order valence-electron chi connectivity index (χ2n) is 5.68. The summed E-state index contributed by atoms with van der Waals surface area (Å²) in [5.41, 5.74) is 1.81. The number of aryl methyl sites for hydroxylation is 1. The normalized spacial score (nSPS) is 10.4. The summed E-state index contributed by atoms with van der Waals surface area (Å²) in [6, 6.07) is 12.6. The highest BCUT2D eigenvalue weighted by molar-refractivity contribution is 5.92. The molecule has 0 saturated heterocycles. The molecule has 7 heteroatoms. The lowest BCUT2D eigenvalue weighted by molar-refractivity contribution is 0.0946. The van der Waals surface area contributed by atoms with E-state index in [1.165, 1.54) is 12.1 Å². The molecule has 132 valence electrons. The van der Waals surface area contributed by atoms with Crippen molar-refractivity contribution in [3.8, 4) is 0 Å². The number of hydrogen-bond donors (Lipinski definition) is 2. The van der Waals surface area contributed by atoms with Crippen LogP contribution in [0.3, 0.4) is 0 Å². The molecule has 26 heavy (non-hydrogen) atoms. The van der Waals surface area contributed by atoms with Gasteiger partial charge in [-0.1, -0.05) is 35.9 Å². The molecule has 1 heterocycles. The first-order valence-electron chi connectivity index (χ1n) is 7.90. The van der Waals surface area contributed by atoms with Crippen molar-refractivity contribution in [3.05, 3.63) is 83.3 Å². The van der Waals surface area contributed by atoms with Crippen LogP contribution in [0.25, 0.3) is 0 Å². The van der Waals surface area contributed by atoms with E-state index in [1.807, 2.05) is 31.2 Å². The van der Waals surface area contributed by atoms with E-state index in [0.717, 1.165) is 29.6 Å². The number of carbonyl (C=O) groups is 1. The topological polar surface area (TPSA) is 66.9 Å². The fraction of sp³-hybridized carbons (Fsp3) is 0.105. The number of anilines is 2. The van der Waals surface area contributed by atoms with Crippen LogP contribution in [0.1, 0.15) is 21.6 Å². The number of amides is 1. The van der Waals surface area contributed by atoms with Crippen LogP contribution in [-0.2, 0) is 6.54 Å². The third-order valence-electron chi connectivity index (χ3n) is 3.65. The van der Waals surface area contributed by atoms with Gasteiger partial charge < -0.3 is 10.6 Å². The summed E-state index contributed by atoms with van der Waals surface area (Å²) in [4.78, 5) is 20.1. The van der Waals surface area contributed by atoms with E-state index in [-0.39, 0.29) is 17.2 Å². The van der Waals surface area contributed by atoms with Gasteiger partial charge in [0.05, 0.1) is 0 Å². The number of hydrogen-bond acceptors (Lipinski definition) is 4. The van der Waals surface area contributed by atoms with Gasteiger partial charge in [0.25, 0.3) is 5.91 Å². The van der Waals surface area contributed by atoms with Crippen molar-refractivity contribution in [2.24, 2.45) is 0 Å². The van der Waals surface area contributed by atoms with E-state index < -0.39 is 17.5 Å². The number of rotatable bonds is 5. The molecule has 0 unspecified atom stereocenters. The van der Waals surface area contributed by atoms with Crippen molar-refractivity contribution in [2.75, 3.05) is 5.32 Å². The zero-order chi connectivity index (χ0) is 18.5. The van der Waals surface area contributed by atoms with E-state index in [2.05, 4.69) is 20.6 Å². The van der Waals surface area contributed by atoms with Crippen molar-refractivity contribution in [3.63, 3.8) is 0 Å². The Bertz CT molecular complexity index is 926. The maximum Gasteiger partial charge on any atom is 0.270 e. The molecule has 0 bridgehead atoms. The molecule has 0 radical (unpaired) electrons. The van der Waals surface area contributed by atoms with Crippen LogP contribution < -0.4 is 10.6 Å². The molecule has 0 aliphatic carbocycles. The van der Waals surface area contributed by atoms with Crippen molar-refractivity contribution < 1.29 is 13.6 Å². The van der Waals surface area contributed by atoms with Crippen LogP contribution in [0.4, 0.5) is 20.3 Å². The number of para-hydroxylation sites is 1. The molecular formula is C19H16F2N4O. The molecule has 3 aromatic rings. The highest BCUT2D eigenvalue weighted by Gasteiger charge is 2.12. The lowest BCUT2D eigenvalue weighted by atomic mass is 10.1. The molecule has 0 fully saturated rings. The van der Waals surface area contributed by atoms with Crippen LogP contribution in [0, 0.1) is 18.6 Å². The summed E-state index contributed by atoms with van der Waals surface area (Å²) < 4.78 is 27.4. The summed E-state index contributed by atoms with van der Waals surface area (Å²) >= 11 is 0. The minimum atomic E-state index is -0.755. The maximum atomic E-state index is 13.7. The van der Waals surface area contributed by atoms with E-state index in [9.17, 15) is 13.6 Å². The number of carbonyl (C=O) groups excluding carboxylic acids is 1. The second kappa shape index (κ2) is 7.69. The Morgan fingerprint density at radius 3 is 2.50 bits per heavy atom. The Kier molecular flexibility index (Phi) is 5.17. The Morgan fingerprint density at radius 2 is 1.77 bits per heavy atom. The summed E-state index contributed by atoms with van der Waals surface area (Å²) in [6.07, 6.45) is 1.16. The molecule has 0 aliphatic rings. The monoisotopic (exact) mass is 354 g/mol. The average molecular weight is 354 g/mol. The third-order valence-corrected chi connectivity index (χ3v) is 3.65. The molecular weight excluding hydrogens is 338 g/mol. The molecule has 0 atom stereocenters. The van der Waals surface area contributed by atoms with Crippen molar-refractivity contribution in [1.29, 1.82) is 0 Å². The fourth-order valence-corrected chi connectivity index (χ4v) is 2.39. The maximum absolute atomic E-state index is 13.7. The SMILES string of the molecule is Cc1cccc(CNC(=O)c2cc(Nc3c(F)cccc3F)ncn2)c1. The van der Waals surface area contributed by atoms with Gasteiger partial charge in [-0.3, -0.25) is 4.79 Å². The summed E-state index contributed by atoms with van der Waals surface area (Å²) in [6.45, 7) is 2.31. The Labute approximate surface area is 149 Å².